The SMILES string of the molecule is Cc1ccn2c(SC(C)C(=O)O)nnc2c1. The number of hydrogen-bond acceptors (Lipinski definition) is 4. The van der Waals surface area contributed by atoms with Gasteiger partial charge in [-0.3, -0.25) is 9.20 Å². The molecule has 84 valence electrons. The Balaban J connectivity index is 2.35. The number of rotatable bonds is 3. The summed E-state index contributed by atoms with van der Waals surface area (Å²) < 4.78 is 1.79. The maximum absolute atomic E-state index is 10.7. The van der Waals surface area contributed by atoms with Gasteiger partial charge in [-0.1, -0.05) is 11.8 Å². The second-order valence-corrected chi connectivity index (χ2v) is 4.82. The molecule has 0 spiro atoms. The number of carboxylic acid groups (broad SMARTS) is 1. The third kappa shape index (κ3) is 2.01. The van der Waals surface area contributed by atoms with Crippen LogP contribution in [0.15, 0.2) is 23.5 Å². The van der Waals surface area contributed by atoms with Crippen molar-refractivity contribution in [2.75, 3.05) is 0 Å². The maximum Gasteiger partial charge on any atom is 0.316 e. The first-order valence-electron chi connectivity index (χ1n) is 4.79. The van der Waals surface area contributed by atoms with Gasteiger partial charge in [-0.25, -0.2) is 0 Å². The minimum absolute atomic E-state index is 0.534. The van der Waals surface area contributed by atoms with E-state index in [0.717, 1.165) is 11.2 Å². The summed E-state index contributed by atoms with van der Waals surface area (Å²) in [5, 5.41) is 16.8. The number of thioether (sulfide) groups is 1. The van der Waals surface area contributed by atoms with Crippen molar-refractivity contribution < 1.29 is 9.90 Å². The summed E-state index contributed by atoms with van der Waals surface area (Å²) >= 11 is 1.18. The molecule has 2 rings (SSSR count). The zero-order chi connectivity index (χ0) is 11.7. The average molecular weight is 237 g/mol. The predicted molar refractivity (Wildman–Crippen MR) is 60.7 cm³/mol. The van der Waals surface area contributed by atoms with Gasteiger partial charge < -0.3 is 5.11 Å². The van der Waals surface area contributed by atoms with E-state index in [0.29, 0.717) is 5.16 Å². The fraction of sp³-hybridized carbons (Fsp3) is 0.300. The van der Waals surface area contributed by atoms with Crippen molar-refractivity contribution in [2.24, 2.45) is 0 Å². The molecule has 0 aromatic carbocycles. The highest BCUT2D eigenvalue weighted by Crippen LogP contribution is 2.22. The van der Waals surface area contributed by atoms with Gasteiger partial charge in [-0.2, -0.15) is 0 Å². The molecule has 0 fully saturated rings. The Hall–Kier alpha value is -1.56. The van der Waals surface area contributed by atoms with E-state index >= 15 is 0 Å². The lowest BCUT2D eigenvalue weighted by molar-refractivity contribution is -0.136. The molecule has 1 unspecified atom stereocenters. The van der Waals surface area contributed by atoms with E-state index in [1.54, 1.807) is 11.3 Å². The van der Waals surface area contributed by atoms with Gasteiger partial charge in [0.2, 0.25) is 0 Å². The molecule has 0 radical (unpaired) electrons. The lowest BCUT2D eigenvalue weighted by Gasteiger charge is -2.03. The minimum Gasteiger partial charge on any atom is -0.480 e. The summed E-state index contributed by atoms with van der Waals surface area (Å²) in [5.74, 6) is -0.853. The molecule has 0 saturated carbocycles. The molecule has 0 aliphatic carbocycles. The lowest BCUT2D eigenvalue weighted by Crippen LogP contribution is -2.11. The summed E-state index contributed by atoms with van der Waals surface area (Å²) in [4.78, 5) is 10.7. The second-order valence-electron chi connectivity index (χ2n) is 3.51. The number of carbonyl (C=O) groups is 1. The molecule has 6 heteroatoms. The number of carboxylic acids is 1. The smallest absolute Gasteiger partial charge is 0.316 e. The van der Waals surface area contributed by atoms with Gasteiger partial charge in [-0.05, 0) is 31.5 Å². The molecule has 0 aliphatic rings. The Morgan fingerprint density at radius 3 is 3.00 bits per heavy atom. The molecule has 0 bridgehead atoms. The number of aliphatic carboxylic acids is 1. The highest BCUT2D eigenvalue weighted by molar-refractivity contribution is 8.00. The Kier molecular flexibility index (Phi) is 2.82. The van der Waals surface area contributed by atoms with E-state index in [1.807, 2.05) is 25.3 Å². The van der Waals surface area contributed by atoms with Crippen molar-refractivity contribution in [2.45, 2.75) is 24.3 Å². The maximum atomic E-state index is 10.7. The van der Waals surface area contributed by atoms with E-state index in [4.69, 9.17) is 5.11 Å². The molecule has 1 atom stereocenters. The number of nitrogens with zero attached hydrogens (tertiary/aromatic N) is 3. The molecule has 0 saturated heterocycles. The summed E-state index contributed by atoms with van der Waals surface area (Å²) in [7, 11) is 0. The Morgan fingerprint density at radius 1 is 1.56 bits per heavy atom. The van der Waals surface area contributed by atoms with Crippen LogP contribution in [0.3, 0.4) is 0 Å². The molecular formula is C10H11N3O2S. The monoisotopic (exact) mass is 237 g/mol. The zero-order valence-corrected chi connectivity index (χ0v) is 9.73. The van der Waals surface area contributed by atoms with Gasteiger partial charge in [0.25, 0.3) is 0 Å². The van der Waals surface area contributed by atoms with Crippen molar-refractivity contribution in [3.8, 4) is 0 Å². The van der Waals surface area contributed by atoms with Crippen LogP contribution >= 0.6 is 11.8 Å². The minimum atomic E-state index is -0.853. The molecule has 0 aliphatic heterocycles. The first kappa shape index (κ1) is 10.9. The highest BCUT2D eigenvalue weighted by Gasteiger charge is 2.16. The van der Waals surface area contributed by atoms with E-state index < -0.39 is 11.2 Å². The Morgan fingerprint density at radius 2 is 2.31 bits per heavy atom. The predicted octanol–water partition coefficient (Wildman–Crippen LogP) is 1.60. The van der Waals surface area contributed by atoms with Gasteiger partial charge in [0.1, 0.15) is 5.25 Å². The topological polar surface area (TPSA) is 67.5 Å². The Bertz CT molecular complexity index is 538. The second kappa shape index (κ2) is 4.13. The molecule has 2 aromatic heterocycles. The third-order valence-corrected chi connectivity index (χ3v) is 3.21. The van der Waals surface area contributed by atoms with Crippen LogP contribution in [0.2, 0.25) is 0 Å². The largest absolute Gasteiger partial charge is 0.480 e. The van der Waals surface area contributed by atoms with Crippen molar-refractivity contribution >= 4 is 23.4 Å². The molecule has 5 nitrogen and oxygen atoms in total. The van der Waals surface area contributed by atoms with Crippen LogP contribution in [0.1, 0.15) is 12.5 Å². The van der Waals surface area contributed by atoms with E-state index in [1.165, 1.54) is 11.8 Å². The summed E-state index contributed by atoms with van der Waals surface area (Å²) in [6, 6.07) is 3.84. The number of fused-ring (bicyclic) bond motifs is 1. The van der Waals surface area contributed by atoms with Crippen molar-refractivity contribution in [3.63, 3.8) is 0 Å². The molecule has 0 amide bonds. The average Bonchev–Trinajstić information content (AvgIpc) is 2.60. The van der Waals surface area contributed by atoms with Gasteiger partial charge in [0.15, 0.2) is 10.8 Å². The lowest BCUT2D eigenvalue weighted by atomic mass is 10.3. The van der Waals surface area contributed by atoms with Crippen LogP contribution in [-0.2, 0) is 4.79 Å². The van der Waals surface area contributed by atoms with Crippen LogP contribution < -0.4 is 0 Å². The fourth-order valence-electron chi connectivity index (χ4n) is 1.26. The van der Waals surface area contributed by atoms with Crippen LogP contribution in [-0.4, -0.2) is 30.9 Å². The quantitative estimate of drug-likeness (QED) is 0.821. The summed E-state index contributed by atoms with van der Waals surface area (Å²) in [6.45, 7) is 3.60. The number of pyridine rings is 1. The molecule has 2 aromatic rings. The van der Waals surface area contributed by atoms with Crippen LogP contribution in [0.5, 0.6) is 0 Å². The van der Waals surface area contributed by atoms with Crippen LogP contribution in [0.25, 0.3) is 5.65 Å². The van der Waals surface area contributed by atoms with Crippen LogP contribution in [0, 0.1) is 6.92 Å². The molecule has 2 heterocycles. The molecular weight excluding hydrogens is 226 g/mol. The summed E-state index contributed by atoms with van der Waals surface area (Å²) in [6.07, 6.45) is 1.85. The zero-order valence-electron chi connectivity index (χ0n) is 8.91. The first-order valence-corrected chi connectivity index (χ1v) is 5.67. The third-order valence-electron chi connectivity index (χ3n) is 2.16. The molecule has 16 heavy (non-hydrogen) atoms. The highest BCUT2D eigenvalue weighted by atomic mass is 32.2. The van der Waals surface area contributed by atoms with Gasteiger partial charge in [0.05, 0.1) is 0 Å². The van der Waals surface area contributed by atoms with E-state index in [-0.39, 0.29) is 0 Å². The van der Waals surface area contributed by atoms with Crippen LogP contribution in [0.4, 0.5) is 0 Å². The van der Waals surface area contributed by atoms with Gasteiger partial charge >= 0.3 is 5.97 Å². The fourth-order valence-corrected chi connectivity index (χ4v) is 2.03. The first-order chi connectivity index (χ1) is 7.58. The van der Waals surface area contributed by atoms with Crippen molar-refractivity contribution in [1.29, 1.82) is 0 Å². The summed E-state index contributed by atoms with van der Waals surface area (Å²) in [5.41, 5.74) is 1.84. The van der Waals surface area contributed by atoms with Crippen molar-refractivity contribution in [3.05, 3.63) is 23.9 Å². The number of aryl methyl sites for hydroxylation is 1. The number of hydrogen-bond donors (Lipinski definition) is 1. The normalized spacial score (nSPS) is 12.9. The molecule has 1 N–H and O–H groups in total. The Labute approximate surface area is 96.5 Å². The van der Waals surface area contributed by atoms with Gasteiger partial charge in [0, 0.05) is 6.20 Å². The van der Waals surface area contributed by atoms with E-state index in [2.05, 4.69) is 10.2 Å². The van der Waals surface area contributed by atoms with Crippen molar-refractivity contribution in [1.82, 2.24) is 14.6 Å². The van der Waals surface area contributed by atoms with E-state index in [9.17, 15) is 4.79 Å². The van der Waals surface area contributed by atoms with Gasteiger partial charge in [-0.15, -0.1) is 10.2 Å². The standard InChI is InChI=1S/C10H11N3O2S/c1-6-3-4-13-8(5-6)11-12-10(13)16-7(2)9(14)15/h3-5,7H,1-2H3,(H,14,15). The number of aromatic nitrogens is 3.